The van der Waals surface area contributed by atoms with E-state index in [-0.39, 0.29) is 29.3 Å². The van der Waals surface area contributed by atoms with Crippen molar-refractivity contribution in [2.24, 2.45) is 0 Å². The van der Waals surface area contributed by atoms with Crippen LogP contribution in [0.25, 0.3) is 5.57 Å². The number of thiol groups is 1. The first-order chi connectivity index (χ1) is 13.1. The van der Waals surface area contributed by atoms with Gasteiger partial charge in [-0.25, -0.2) is 0 Å². The molecule has 2 atom stereocenters. The molecule has 1 aromatic carbocycles. The van der Waals surface area contributed by atoms with Gasteiger partial charge in [0.25, 0.3) is 5.91 Å². The van der Waals surface area contributed by atoms with E-state index >= 15 is 0 Å². The molecule has 7 nitrogen and oxygen atoms in total. The van der Waals surface area contributed by atoms with Crippen molar-refractivity contribution in [1.29, 1.82) is 0 Å². The highest BCUT2D eigenvalue weighted by molar-refractivity contribution is 8.00. The number of benzene rings is 1. The molecule has 1 fully saturated rings. The lowest BCUT2D eigenvalue weighted by Gasteiger charge is -2.49. The molecule has 4 rings (SSSR count). The summed E-state index contributed by atoms with van der Waals surface area (Å²) >= 11 is 5.46. The van der Waals surface area contributed by atoms with Gasteiger partial charge in [-0.2, -0.15) is 5.10 Å². The molecule has 1 aromatic heterocycles. The molecule has 2 aromatic rings. The van der Waals surface area contributed by atoms with E-state index < -0.39 is 11.2 Å². The number of carbonyl (C=O) groups excluding carboxylic acids is 3. The molecule has 0 bridgehead atoms. The average molecular weight is 400 g/mol. The molecule has 0 unspecified atom stereocenters. The summed E-state index contributed by atoms with van der Waals surface area (Å²) in [5.74, 6) is 0.0101. The van der Waals surface area contributed by atoms with Gasteiger partial charge in [-0.15, -0.1) is 11.8 Å². The van der Waals surface area contributed by atoms with Gasteiger partial charge in [0.05, 0.1) is 12.6 Å². The molecule has 0 aliphatic carbocycles. The molecule has 1 saturated heterocycles. The van der Waals surface area contributed by atoms with Gasteiger partial charge >= 0.3 is 0 Å². The lowest BCUT2D eigenvalue weighted by molar-refractivity contribution is -0.146. The Morgan fingerprint density at radius 3 is 2.78 bits per heavy atom. The van der Waals surface area contributed by atoms with Gasteiger partial charge in [0.2, 0.25) is 11.0 Å². The number of amides is 2. The molecule has 0 spiro atoms. The lowest BCUT2D eigenvalue weighted by atomic mass is 10.0. The number of hydrogen-bond acceptors (Lipinski definition) is 5. The molecule has 2 aliphatic rings. The number of aromatic nitrogens is 2. The second kappa shape index (κ2) is 7.24. The SMILES string of the molecule is O=C(Cc1ccccc1)N[C@@H]1C(=O)N2C(C(=O)S)=C(c3cn[nH]c3)CS[C@H]12. The van der Waals surface area contributed by atoms with Crippen LogP contribution in [-0.4, -0.2) is 49.2 Å². The molecule has 27 heavy (non-hydrogen) atoms. The summed E-state index contributed by atoms with van der Waals surface area (Å²) in [5, 5.41) is 8.63. The van der Waals surface area contributed by atoms with Crippen molar-refractivity contribution >= 4 is 46.9 Å². The highest BCUT2D eigenvalue weighted by Gasteiger charge is 2.53. The minimum absolute atomic E-state index is 0.205. The number of carbonyl (C=O) groups is 3. The van der Waals surface area contributed by atoms with Crippen molar-refractivity contribution in [1.82, 2.24) is 20.4 Å². The van der Waals surface area contributed by atoms with Crippen molar-refractivity contribution < 1.29 is 14.4 Å². The fraction of sp³-hybridized carbons (Fsp3) is 0.222. The van der Waals surface area contributed by atoms with Crippen molar-refractivity contribution in [2.45, 2.75) is 17.8 Å². The first-order valence-corrected chi connectivity index (χ1v) is 9.79. The van der Waals surface area contributed by atoms with Crippen molar-refractivity contribution in [3.05, 3.63) is 59.5 Å². The molecule has 2 N–H and O–H groups in total. The Hall–Kier alpha value is -2.52. The van der Waals surface area contributed by atoms with Crippen LogP contribution in [0.3, 0.4) is 0 Å². The lowest BCUT2D eigenvalue weighted by Crippen LogP contribution is -2.70. The maximum Gasteiger partial charge on any atom is 0.253 e. The van der Waals surface area contributed by atoms with Crippen molar-refractivity contribution in [3.63, 3.8) is 0 Å². The number of nitrogens with one attached hydrogen (secondary N) is 2. The van der Waals surface area contributed by atoms with Gasteiger partial charge in [0.1, 0.15) is 17.1 Å². The first kappa shape index (κ1) is 17.9. The van der Waals surface area contributed by atoms with E-state index in [1.165, 1.54) is 16.7 Å². The summed E-state index contributed by atoms with van der Waals surface area (Å²) in [6.45, 7) is 0. The molecular formula is C18H16N4O3S2. The summed E-state index contributed by atoms with van der Waals surface area (Å²) in [6.07, 6.45) is 3.49. The normalized spacial score (nSPS) is 21.5. The van der Waals surface area contributed by atoms with Crippen LogP contribution >= 0.6 is 24.4 Å². The highest BCUT2D eigenvalue weighted by atomic mass is 32.2. The zero-order chi connectivity index (χ0) is 19.0. The maximum atomic E-state index is 12.7. The van der Waals surface area contributed by atoms with E-state index in [0.29, 0.717) is 11.3 Å². The Morgan fingerprint density at radius 2 is 2.11 bits per heavy atom. The molecule has 0 radical (unpaired) electrons. The summed E-state index contributed by atoms with van der Waals surface area (Å²) in [5.41, 5.74) is 2.61. The number of fused-ring (bicyclic) bond motifs is 1. The predicted molar refractivity (Wildman–Crippen MR) is 105 cm³/mol. The Kier molecular flexibility index (Phi) is 4.79. The van der Waals surface area contributed by atoms with Crippen LogP contribution in [0.4, 0.5) is 0 Å². The average Bonchev–Trinajstić information content (AvgIpc) is 3.20. The molecule has 2 aliphatic heterocycles. The van der Waals surface area contributed by atoms with Crippen LogP contribution in [0.5, 0.6) is 0 Å². The quantitative estimate of drug-likeness (QED) is 0.518. The predicted octanol–water partition coefficient (Wildman–Crippen LogP) is 1.22. The maximum absolute atomic E-state index is 12.7. The number of thioether (sulfide) groups is 1. The van der Waals surface area contributed by atoms with E-state index in [2.05, 4.69) is 28.1 Å². The molecule has 9 heteroatoms. The largest absolute Gasteiger partial charge is 0.341 e. The van der Waals surface area contributed by atoms with Crippen LogP contribution in [0, 0.1) is 0 Å². The number of nitrogens with zero attached hydrogens (tertiary/aromatic N) is 2. The Morgan fingerprint density at radius 1 is 1.33 bits per heavy atom. The molecule has 3 heterocycles. The first-order valence-electron chi connectivity index (χ1n) is 8.30. The van der Waals surface area contributed by atoms with Gasteiger partial charge in [-0.05, 0) is 5.56 Å². The van der Waals surface area contributed by atoms with Crippen molar-refractivity contribution in [3.8, 4) is 0 Å². The van der Waals surface area contributed by atoms with Gasteiger partial charge < -0.3 is 5.32 Å². The molecule has 0 saturated carbocycles. The standard InChI is InChI=1S/C18H16N4O3S2/c23-13(6-10-4-2-1-3-5-10)21-14-16(24)22-15(18(25)26)12(9-27-17(14)22)11-7-19-20-8-11/h1-5,7-8,14,17H,6,9H2,(H,19,20)(H,21,23)(H,25,26)/t14-,17-/m1/s1. The summed E-state index contributed by atoms with van der Waals surface area (Å²) in [7, 11) is 0. The van der Waals surface area contributed by atoms with Crippen molar-refractivity contribution in [2.75, 3.05) is 5.75 Å². The third-order valence-corrected chi connectivity index (χ3v) is 6.03. The summed E-state index contributed by atoms with van der Waals surface area (Å²) in [4.78, 5) is 38.5. The molecule has 2 amide bonds. The zero-order valence-corrected chi connectivity index (χ0v) is 15.8. The van der Waals surface area contributed by atoms with Gasteiger partial charge in [-0.1, -0.05) is 43.0 Å². The Bertz CT molecular complexity index is 927. The smallest absolute Gasteiger partial charge is 0.253 e. The Balaban J connectivity index is 1.51. The second-order valence-corrected chi connectivity index (χ2v) is 7.75. The topological polar surface area (TPSA) is 95.2 Å². The van der Waals surface area contributed by atoms with E-state index in [9.17, 15) is 14.4 Å². The fourth-order valence-electron chi connectivity index (χ4n) is 3.26. The van der Waals surface area contributed by atoms with Gasteiger partial charge in [-0.3, -0.25) is 24.4 Å². The van der Waals surface area contributed by atoms with Crippen LogP contribution in [0.2, 0.25) is 0 Å². The monoisotopic (exact) mass is 400 g/mol. The number of aromatic amines is 1. The van der Waals surface area contributed by atoms with Crippen LogP contribution in [0.15, 0.2) is 48.4 Å². The molecule has 138 valence electrons. The number of H-pyrrole nitrogens is 1. The van der Waals surface area contributed by atoms with Gasteiger partial charge in [0, 0.05) is 23.1 Å². The Labute approximate surface area is 165 Å². The third-order valence-electron chi connectivity index (χ3n) is 4.54. The number of β-lactam (4-membered cyclic amide) rings is 1. The minimum atomic E-state index is -0.639. The second-order valence-electron chi connectivity index (χ2n) is 6.24. The minimum Gasteiger partial charge on any atom is -0.341 e. The van der Waals surface area contributed by atoms with Gasteiger partial charge in [0.15, 0.2) is 0 Å². The fourth-order valence-corrected chi connectivity index (χ4v) is 4.88. The van der Waals surface area contributed by atoms with Crippen LogP contribution < -0.4 is 5.32 Å². The van der Waals surface area contributed by atoms with E-state index in [0.717, 1.165) is 11.1 Å². The third kappa shape index (κ3) is 3.28. The number of rotatable bonds is 5. The van der Waals surface area contributed by atoms with Crippen LogP contribution in [0.1, 0.15) is 11.1 Å². The summed E-state index contributed by atoms with van der Waals surface area (Å²) in [6, 6.07) is 8.70. The summed E-state index contributed by atoms with van der Waals surface area (Å²) < 4.78 is 0. The van der Waals surface area contributed by atoms with Crippen LogP contribution in [-0.2, 0) is 20.8 Å². The highest BCUT2D eigenvalue weighted by Crippen LogP contribution is 2.43. The number of hydrogen-bond donors (Lipinski definition) is 3. The zero-order valence-electron chi connectivity index (χ0n) is 14.1. The molecular weight excluding hydrogens is 384 g/mol. The van der Waals surface area contributed by atoms with E-state index in [1.54, 1.807) is 12.4 Å². The van der Waals surface area contributed by atoms with E-state index in [1.807, 2.05) is 30.3 Å². The van der Waals surface area contributed by atoms with E-state index in [4.69, 9.17) is 0 Å².